The first-order valence-electron chi connectivity index (χ1n) is 9.92. The standard InChI is InChI=1S/C20H18F6N2O6S.CH4/c1-10-15(17(2)7-14(18(10,3)34-17)33-35(31,32)20(24,25)26)16(30)28(9-29)12-5-4-11(8-27)13(6-12)19(21,22)23;/h4-6,9-10,14-15H,7H2,1-3H3;1H4/t10?,14?,15?,17?,18-;/m1./s1. The number of rotatable bonds is 5. The van der Waals surface area contributed by atoms with Gasteiger partial charge in [-0.25, -0.2) is 0 Å². The van der Waals surface area contributed by atoms with Gasteiger partial charge in [-0.1, -0.05) is 14.4 Å². The number of nitriles is 1. The molecule has 3 rings (SSSR count). The van der Waals surface area contributed by atoms with Gasteiger partial charge in [-0.2, -0.15) is 40.0 Å². The molecule has 5 atom stereocenters. The lowest BCUT2D eigenvalue weighted by molar-refractivity contribution is -0.138. The van der Waals surface area contributed by atoms with Gasteiger partial charge in [0.1, 0.15) is 6.10 Å². The summed E-state index contributed by atoms with van der Waals surface area (Å²) < 4.78 is 112. The summed E-state index contributed by atoms with van der Waals surface area (Å²) in [4.78, 5) is 25.5. The average molecular weight is 544 g/mol. The number of hydrogen-bond acceptors (Lipinski definition) is 7. The van der Waals surface area contributed by atoms with Crippen molar-refractivity contribution in [3.8, 4) is 6.07 Å². The van der Waals surface area contributed by atoms with Crippen LogP contribution in [0.4, 0.5) is 32.0 Å². The summed E-state index contributed by atoms with van der Waals surface area (Å²) in [5, 5.41) is 8.93. The number of hydrogen-bond donors (Lipinski definition) is 0. The maximum absolute atomic E-state index is 13.3. The number of nitrogens with zero attached hydrogens (tertiary/aromatic N) is 2. The zero-order valence-electron chi connectivity index (χ0n) is 18.3. The number of anilines is 1. The minimum atomic E-state index is -5.98. The van der Waals surface area contributed by atoms with Crippen LogP contribution < -0.4 is 4.90 Å². The van der Waals surface area contributed by atoms with Gasteiger partial charge in [0.2, 0.25) is 12.3 Å². The molecule has 0 saturated carbocycles. The Balaban J connectivity index is 0.00000456. The van der Waals surface area contributed by atoms with E-state index in [9.17, 15) is 44.3 Å². The molecule has 200 valence electrons. The SMILES string of the molecule is C.CC1C(C(=O)N(C=O)c2ccc(C#N)c(C(F)(F)F)c2)C2(C)CC(OS(=O)(=O)C(F)(F)F)[C@]1(C)O2. The molecule has 2 aliphatic rings. The number of imide groups is 1. The smallest absolute Gasteiger partial charge is 0.365 e. The highest BCUT2D eigenvalue weighted by atomic mass is 32.2. The molecule has 4 unspecified atom stereocenters. The Morgan fingerprint density at radius 3 is 2.28 bits per heavy atom. The van der Waals surface area contributed by atoms with Crippen LogP contribution in [0.5, 0.6) is 0 Å². The van der Waals surface area contributed by atoms with Crippen LogP contribution in [0.15, 0.2) is 18.2 Å². The Labute approximate surface area is 202 Å². The minimum absolute atomic E-state index is 0. The molecule has 15 heteroatoms. The van der Waals surface area contributed by atoms with Gasteiger partial charge >= 0.3 is 21.8 Å². The summed E-state index contributed by atoms with van der Waals surface area (Å²) >= 11 is 0. The van der Waals surface area contributed by atoms with Gasteiger partial charge in [-0.05, 0) is 32.0 Å². The van der Waals surface area contributed by atoms with Gasteiger partial charge in [0.05, 0.1) is 40.0 Å². The lowest BCUT2D eigenvalue weighted by Gasteiger charge is -2.39. The Hall–Kier alpha value is -2.70. The molecule has 8 nitrogen and oxygen atoms in total. The number of ether oxygens (including phenoxy) is 1. The lowest BCUT2D eigenvalue weighted by atomic mass is 9.66. The van der Waals surface area contributed by atoms with E-state index in [1.54, 1.807) is 0 Å². The Kier molecular flexibility index (Phi) is 7.38. The van der Waals surface area contributed by atoms with E-state index < -0.39 is 80.1 Å². The fourth-order valence-corrected chi connectivity index (χ4v) is 5.51. The van der Waals surface area contributed by atoms with Crippen molar-refractivity contribution >= 4 is 28.1 Å². The molecule has 2 fully saturated rings. The van der Waals surface area contributed by atoms with Crippen LogP contribution in [-0.4, -0.2) is 43.5 Å². The van der Waals surface area contributed by atoms with Crippen LogP contribution >= 0.6 is 0 Å². The monoisotopic (exact) mass is 544 g/mol. The third-order valence-electron chi connectivity index (χ3n) is 6.59. The number of halogens is 6. The highest BCUT2D eigenvalue weighted by molar-refractivity contribution is 7.87. The van der Waals surface area contributed by atoms with E-state index in [1.165, 1.54) is 26.8 Å². The number of fused-ring (bicyclic) bond motifs is 2. The molecule has 0 spiro atoms. The first-order chi connectivity index (χ1) is 15.8. The molecule has 1 aromatic carbocycles. The average Bonchev–Trinajstić information content (AvgIpc) is 3.08. The van der Waals surface area contributed by atoms with Gasteiger partial charge in [0, 0.05) is 12.3 Å². The Bertz CT molecular complexity index is 1210. The quantitative estimate of drug-likeness (QED) is 0.237. The van der Waals surface area contributed by atoms with Crippen molar-refractivity contribution in [1.82, 2.24) is 0 Å². The fourth-order valence-electron chi connectivity index (χ4n) is 4.83. The molecule has 0 radical (unpaired) electrons. The van der Waals surface area contributed by atoms with Gasteiger partial charge in [-0.15, -0.1) is 0 Å². The molecule has 1 aromatic rings. The van der Waals surface area contributed by atoms with E-state index in [4.69, 9.17) is 10.00 Å². The van der Waals surface area contributed by atoms with E-state index in [1.807, 2.05) is 0 Å². The second-order valence-electron chi connectivity index (χ2n) is 8.71. The van der Waals surface area contributed by atoms with E-state index in [0.717, 1.165) is 12.1 Å². The topological polar surface area (TPSA) is 114 Å². The van der Waals surface area contributed by atoms with E-state index in [-0.39, 0.29) is 13.8 Å². The van der Waals surface area contributed by atoms with Crippen LogP contribution in [0.2, 0.25) is 0 Å². The molecular formula is C21H22F6N2O6S. The summed E-state index contributed by atoms with van der Waals surface area (Å²) in [5.74, 6) is -3.28. The van der Waals surface area contributed by atoms with Gasteiger partial charge in [0.15, 0.2) is 0 Å². The molecule has 0 N–H and O–H groups in total. The maximum atomic E-state index is 13.3. The van der Waals surface area contributed by atoms with Crippen molar-refractivity contribution in [1.29, 1.82) is 5.26 Å². The largest absolute Gasteiger partial charge is 0.523 e. The predicted molar refractivity (Wildman–Crippen MR) is 111 cm³/mol. The van der Waals surface area contributed by atoms with Crippen molar-refractivity contribution in [2.75, 3.05) is 4.90 Å². The zero-order chi connectivity index (χ0) is 26.8. The maximum Gasteiger partial charge on any atom is 0.523 e. The zero-order valence-corrected chi connectivity index (χ0v) is 19.1. The number of alkyl halides is 6. The molecule has 36 heavy (non-hydrogen) atoms. The molecule has 0 aromatic heterocycles. The molecule has 2 bridgehead atoms. The number of carbonyl (C=O) groups excluding carboxylic acids is 2. The molecular weight excluding hydrogens is 522 g/mol. The van der Waals surface area contributed by atoms with Gasteiger partial charge in [-0.3, -0.25) is 18.7 Å². The number of amides is 2. The van der Waals surface area contributed by atoms with Crippen LogP contribution in [0.3, 0.4) is 0 Å². The van der Waals surface area contributed by atoms with Gasteiger partial charge < -0.3 is 4.74 Å². The summed E-state index contributed by atoms with van der Waals surface area (Å²) in [6.45, 7) is 3.93. The van der Waals surface area contributed by atoms with E-state index in [2.05, 4.69) is 4.18 Å². The second-order valence-corrected chi connectivity index (χ2v) is 10.3. The molecule has 2 amide bonds. The molecule has 0 aliphatic carbocycles. The summed E-state index contributed by atoms with van der Waals surface area (Å²) in [7, 11) is -5.98. The highest BCUT2D eigenvalue weighted by Crippen LogP contribution is 2.59. The second kappa shape index (κ2) is 9.00. The fraction of sp³-hybridized carbons (Fsp3) is 0.571. The van der Waals surface area contributed by atoms with E-state index >= 15 is 0 Å². The van der Waals surface area contributed by atoms with Crippen molar-refractivity contribution in [2.24, 2.45) is 11.8 Å². The summed E-state index contributed by atoms with van der Waals surface area (Å²) in [5.41, 5.74) is -11.6. The molecule has 2 saturated heterocycles. The molecule has 2 heterocycles. The lowest BCUT2D eigenvalue weighted by Crippen LogP contribution is -2.54. The Morgan fingerprint density at radius 2 is 1.83 bits per heavy atom. The van der Waals surface area contributed by atoms with Crippen LogP contribution in [0.25, 0.3) is 0 Å². The summed E-state index contributed by atoms with van der Waals surface area (Å²) in [6.07, 6.45) is -7.09. The van der Waals surface area contributed by atoms with Crippen molar-refractivity contribution < 1.29 is 53.3 Å². The normalized spacial score (nSPS) is 29.8. The first kappa shape index (κ1) is 29.5. The van der Waals surface area contributed by atoms with Crippen molar-refractivity contribution in [2.45, 2.75) is 63.6 Å². The minimum Gasteiger partial charge on any atom is -0.365 e. The van der Waals surface area contributed by atoms with Crippen LogP contribution in [0, 0.1) is 23.2 Å². The van der Waals surface area contributed by atoms with Crippen molar-refractivity contribution in [3.63, 3.8) is 0 Å². The highest BCUT2D eigenvalue weighted by Gasteiger charge is 2.70. The third-order valence-corrected chi connectivity index (χ3v) is 7.64. The van der Waals surface area contributed by atoms with Gasteiger partial charge in [0.25, 0.3) is 0 Å². The Morgan fingerprint density at radius 1 is 1.25 bits per heavy atom. The first-order valence-corrected chi connectivity index (χ1v) is 11.3. The number of carbonyl (C=O) groups is 2. The summed E-state index contributed by atoms with van der Waals surface area (Å²) in [6, 6.07) is 3.58. The number of benzene rings is 1. The van der Waals surface area contributed by atoms with Crippen molar-refractivity contribution in [3.05, 3.63) is 29.3 Å². The molecule has 2 aliphatic heterocycles. The van der Waals surface area contributed by atoms with Crippen LogP contribution in [-0.2, 0) is 34.8 Å². The van der Waals surface area contributed by atoms with E-state index in [0.29, 0.717) is 11.0 Å². The van der Waals surface area contributed by atoms with Crippen LogP contribution in [0.1, 0.15) is 45.7 Å². The predicted octanol–water partition coefficient (Wildman–Crippen LogP) is 4.14. The third kappa shape index (κ3) is 4.57.